The highest BCUT2D eigenvalue weighted by Gasteiger charge is 2.47. The molecule has 132 heavy (non-hydrogen) atoms. The molecule has 44 heteroatoms. The Labute approximate surface area is 766 Å². The minimum atomic E-state index is -1.87. The number of aliphatic hydroxyl groups excluding tert-OH is 1. The molecule has 3 aliphatic heterocycles. The molecular weight excluding hydrogens is 1740 g/mol. The van der Waals surface area contributed by atoms with Crippen LogP contribution < -0.4 is 76.1 Å². The van der Waals surface area contributed by atoms with Crippen molar-refractivity contribution in [2.24, 2.45) is 28.9 Å². The number of likely N-dealkylation sites (N-methyl/N-ethyl adjacent to an activating group) is 3. The number of carbonyl (C=O) groups excluding carboxylic acids is 18. The number of amides is 18. The van der Waals surface area contributed by atoms with Gasteiger partial charge in [-0.25, -0.2) is 0 Å². The summed E-state index contributed by atoms with van der Waals surface area (Å²) in [7, 11) is 3.79. The van der Waals surface area contributed by atoms with Crippen LogP contribution in [0.5, 0.6) is 5.75 Å². The third-order valence-corrected chi connectivity index (χ3v) is 24.5. The van der Waals surface area contributed by atoms with Gasteiger partial charge in [-0.05, 0) is 92.3 Å². The zero-order chi connectivity index (χ0) is 97.1. The highest BCUT2D eigenvalue weighted by atomic mass is 32.2. The van der Waals surface area contributed by atoms with Crippen molar-refractivity contribution in [2.75, 3.05) is 58.8 Å². The van der Waals surface area contributed by atoms with E-state index in [-0.39, 0.29) is 70.1 Å². The van der Waals surface area contributed by atoms with Crippen molar-refractivity contribution in [2.45, 2.75) is 234 Å². The van der Waals surface area contributed by atoms with E-state index in [1.807, 2.05) is 6.92 Å². The van der Waals surface area contributed by atoms with Crippen molar-refractivity contribution < 1.29 is 106 Å². The van der Waals surface area contributed by atoms with Crippen molar-refractivity contribution in [1.82, 2.24) is 87.6 Å². The number of hydrogen-bond donors (Lipinski definition) is 19. The lowest BCUT2D eigenvalue weighted by atomic mass is 10.00. The maximum atomic E-state index is 15.7. The first-order valence-electron chi connectivity index (χ1n) is 43.9. The van der Waals surface area contributed by atoms with E-state index in [0.29, 0.717) is 69.5 Å². The summed E-state index contributed by atoms with van der Waals surface area (Å²) in [6, 6.07) is -3.29. The monoisotopic (exact) mass is 1860 g/mol. The highest BCUT2D eigenvalue weighted by Crippen LogP contribution is 2.28. The number of para-hydroxylation sites is 2. The van der Waals surface area contributed by atoms with Gasteiger partial charge in [-0.2, -0.15) is 0 Å². The molecule has 8 rings (SSSR count). The smallest absolute Gasteiger partial charge is 0.303 e. The Morgan fingerprint density at radius 1 is 0.523 bits per heavy atom. The Bertz CT molecular complexity index is 5030. The van der Waals surface area contributed by atoms with E-state index in [4.69, 9.17) is 22.9 Å². The number of primary amides is 3. The SMILES string of the molecule is CCCC[C@H]1C(=O)N(C)[C@@H](CCCC)C(=O)N[C@@H](CCC(=O)O)C(=O)N[C@H](C(=O)NCC(N)=O)CSCC(=O)N[C@@H](Cc2ccc(O)cc2)C(=O)N(C)[C@@H](C)C(=O)N[C@H](CC(N)=O)C(=O)N2CCC[C@H]2C(=O)N[C@@H](CC(N)=O)C(=O)N[C@@H](CC(C)C)C(=O)N2C[C@H](O)C[C@H]2C(=O)N[C@@H](Cc2c[nH]c3ccccc23)C(=O)N[C@@H](CN)C(=O)N[C@@H](Cc2c[nH]c3ccccc23)C(=O)N1C. The molecule has 0 aliphatic carbocycles. The summed E-state index contributed by atoms with van der Waals surface area (Å²) in [5, 5.41) is 58.4. The molecule has 0 bridgehead atoms. The van der Waals surface area contributed by atoms with Crippen LogP contribution in [0.25, 0.3) is 21.8 Å². The molecule has 3 aliphatic rings. The van der Waals surface area contributed by atoms with Crippen molar-refractivity contribution in [3.8, 4) is 5.75 Å². The van der Waals surface area contributed by atoms with Gasteiger partial charge in [0.25, 0.3) is 0 Å². The zero-order valence-electron chi connectivity index (χ0n) is 75.1. The van der Waals surface area contributed by atoms with Crippen LogP contribution >= 0.6 is 11.8 Å². The summed E-state index contributed by atoms with van der Waals surface area (Å²) in [5.74, 6) is -21.4. The van der Waals surface area contributed by atoms with E-state index < -0.39 is 272 Å². The van der Waals surface area contributed by atoms with Gasteiger partial charge in [0.1, 0.15) is 90.3 Å². The van der Waals surface area contributed by atoms with Crippen molar-refractivity contribution >= 4 is 146 Å². The number of aromatic nitrogens is 2. The summed E-state index contributed by atoms with van der Waals surface area (Å²) in [6.45, 7) is 6.14. The number of phenols is 1. The molecule has 3 aromatic carbocycles. The fourth-order valence-corrected chi connectivity index (χ4v) is 17.0. The van der Waals surface area contributed by atoms with E-state index in [0.717, 1.165) is 24.5 Å². The molecule has 3 saturated heterocycles. The highest BCUT2D eigenvalue weighted by molar-refractivity contribution is 8.00. The van der Waals surface area contributed by atoms with Crippen molar-refractivity contribution in [1.29, 1.82) is 0 Å². The van der Waals surface area contributed by atoms with Crippen LogP contribution in [0.1, 0.15) is 141 Å². The van der Waals surface area contributed by atoms with Gasteiger partial charge in [-0.15, -0.1) is 11.8 Å². The number of unbranched alkanes of at least 4 members (excludes halogenated alkanes) is 2. The minimum absolute atomic E-state index is 0.0342. The van der Waals surface area contributed by atoms with Crippen LogP contribution in [-0.2, 0) is 110 Å². The lowest BCUT2D eigenvalue weighted by Crippen LogP contribution is -2.62. The summed E-state index contributed by atoms with van der Waals surface area (Å²) < 4.78 is 0. The number of benzene rings is 3. The number of nitrogens with zero attached hydrogens (tertiary/aromatic N) is 5. The number of rotatable bonds is 25. The van der Waals surface area contributed by atoms with E-state index in [2.05, 4.69) is 63.1 Å². The normalized spacial score (nSPS) is 25.1. The first-order chi connectivity index (χ1) is 62.6. The van der Waals surface area contributed by atoms with Gasteiger partial charge in [0.2, 0.25) is 106 Å². The molecule has 5 aromatic rings. The Balaban J connectivity index is 1.19. The number of aliphatic hydroxyl groups is 1. The summed E-state index contributed by atoms with van der Waals surface area (Å²) in [4.78, 5) is 285. The fraction of sp³-hybridized carbons (Fsp3) is 0.534. The molecule has 0 radical (unpaired) electrons. The molecule has 0 unspecified atom stereocenters. The molecule has 0 saturated carbocycles. The molecule has 23 N–H and O–H groups in total. The van der Waals surface area contributed by atoms with Gasteiger partial charge in [0.05, 0.1) is 31.2 Å². The van der Waals surface area contributed by atoms with Gasteiger partial charge < -0.3 is 126 Å². The number of H-pyrrole nitrogens is 2. The number of carboxylic acid groups (broad SMARTS) is 1. The zero-order valence-corrected chi connectivity index (χ0v) is 76.0. The molecular formula is C88H123N21O22S. The number of carboxylic acids is 1. The third-order valence-electron chi connectivity index (χ3n) is 23.5. The Kier molecular flexibility index (Phi) is 38.7. The molecule has 18 amide bonds. The standard InChI is InChI=1S/C88H123N21O22S/c1-9-11-22-66-81(124)97-57(29-30-74(116)117)77(120)104-65(76(119)95-42-72(92)114)44-132-45-73(115)96-61(33-48-25-27-51(110)28-26-48)84(127)105(6)47(5)75(118)100-63(38-71(91)113)86(129)108-31-17-24-67(108)82(125)99-59(37-70(90)112)79(122)101-60(32-46(3)4)87(130)109-43-52(111)36-69(109)83(126)98-58(34-49-40-93-55-20-15-13-18-53(49)55)78(121)103-64(39-89)80(123)102-62(35-50-41-94-56-21-16-14-19-54(50)56)85(128)107(8)68(23-12-10-2)88(131)106(66)7/h13-16,18-21,25-28,40-41,46-47,52,57-69,93-94,110-111H,9-12,17,22-24,29-39,42-45,89H2,1-8H3,(H2,90,112)(H2,91,113)(H2,92,114)(H,95,119)(H,96,115)(H,97,124)(H,98,126)(H,99,125)(H,100,118)(H,101,122)(H,102,123)(H,103,121)(H,104,120)(H,116,117)/t47-,52+,57-,58-,59-,60-,61-,62-,63+,64-,65-,66-,67-,68-,69-/m0/s1. The summed E-state index contributed by atoms with van der Waals surface area (Å²) in [6.07, 6.45) is -1.38. The van der Waals surface area contributed by atoms with E-state index in [9.17, 15) is 72.9 Å². The second kappa shape index (κ2) is 49.1. The predicted molar refractivity (Wildman–Crippen MR) is 481 cm³/mol. The van der Waals surface area contributed by atoms with Gasteiger partial charge in [0.15, 0.2) is 0 Å². The average Bonchev–Trinajstić information content (AvgIpc) is 1.09. The number of thioether (sulfide) groups is 1. The van der Waals surface area contributed by atoms with Crippen LogP contribution in [0, 0.1) is 5.92 Å². The molecule has 718 valence electrons. The number of nitrogens with two attached hydrogens (primary N) is 4. The second-order valence-electron chi connectivity index (χ2n) is 33.9. The molecule has 3 fully saturated rings. The number of fused-ring (bicyclic) bond motifs is 4. The lowest BCUT2D eigenvalue weighted by molar-refractivity contribution is -0.149. The molecule has 2 aromatic heterocycles. The maximum Gasteiger partial charge on any atom is 0.303 e. The average molecular weight is 1860 g/mol. The van der Waals surface area contributed by atoms with Gasteiger partial charge in [-0.1, -0.05) is 102 Å². The van der Waals surface area contributed by atoms with Gasteiger partial charge in [0, 0.05) is 113 Å². The number of hydrogen-bond acceptors (Lipinski definition) is 23. The topological polar surface area (TPSA) is 657 Å². The summed E-state index contributed by atoms with van der Waals surface area (Å²) in [5.41, 5.74) is 25.7. The van der Waals surface area contributed by atoms with Crippen LogP contribution in [0.2, 0.25) is 0 Å². The van der Waals surface area contributed by atoms with Crippen LogP contribution in [-0.4, -0.2) is 312 Å². The Morgan fingerprint density at radius 2 is 1.02 bits per heavy atom. The first kappa shape index (κ1) is 104. The summed E-state index contributed by atoms with van der Waals surface area (Å²) >= 11 is 0.699. The number of carbonyl (C=O) groups is 19. The quantitative estimate of drug-likeness (QED) is 0.0270. The van der Waals surface area contributed by atoms with Crippen LogP contribution in [0.15, 0.2) is 85.2 Å². The van der Waals surface area contributed by atoms with E-state index in [1.165, 1.54) is 52.3 Å². The van der Waals surface area contributed by atoms with Crippen molar-refractivity contribution in [3.63, 3.8) is 0 Å². The molecule has 15 atom stereocenters. The number of aliphatic carboxylic acids is 1. The van der Waals surface area contributed by atoms with Crippen LogP contribution in [0.3, 0.4) is 0 Å². The Hall–Kier alpha value is -13.3. The molecule has 43 nitrogen and oxygen atoms in total. The number of aromatic hydroxyl groups is 1. The van der Waals surface area contributed by atoms with E-state index >= 15 is 33.6 Å². The minimum Gasteiger partial charge on any atom is -0.508 e. The number of aromatic amines is 2. The van der Waals surface area contributed by atoms with Gasteiger partial charge in [-0.3, -0.25) is 91.1 Å². The number of phenolic OH excluding ortho intramolecular Hbond substituents is 1. The number of nitrogens with one attached hydrogen (secondary N) is 12. The lowest BCUT2D eigenvalue weighted by Gasteiger charge is -2.36. The maximum absolute atomic E-state index is 15.7. The predicted octanol–water partition coefficient (Wildman–Crippen LogP) is -3.45. The largest absolute Gasteiger partial charge is 0.508 e. The van der Waals surface area contributed by atoms with Crippen molar-refractivity contribution in [3.05, 3.63) is 102 Å². The molecule has 5 heterocycles. The molecule has 0 spiro atoms. The third kappa shape index (κ3) is 28.9. The second-order valence-corrected chi connectivity index (χ2v) is 34.9. The fourth-order valence-electron chi connectivity index (χ4n) is 16.2. The van der Waals surface area contributed by atoms with Crippen LogP contribution in [0.4, 0.5) is 0 Å². The Morgan fingerprint density at radius 3 is 1.61 bits per heavy atom. The van der Waals surface area contributed by atoms with Gasteiger partial charge >= 0.3 is 5.97 Å². The first-order valence-corrected chi connectivity index (χ1v) is 45.1. The van der Waals surface area contributed by atoms with E-state index in [1.54, 1.807) is 81.7 Å².